The molecule has 0 saturated carbocycles. The van der Waals surface area contributed by atoms with E-state index in [9.17, 15) is 19.7 Å². The van der Waals surface area contributed by atoms with Crippen molar-refractivity contribution in [3.05, 3.63) is 69.8 Å². The molecule has 8 heteroatoms. The molecular weight excluding hydrogens is 328 g/mol. The number of nitro groups is 1. The Morgan fingerprint density at radius 3 is 2.64 bits per heavy atom. The molecule has 0 aliphatic heterocycles. The first-order valence-electron chi connectivity index (χ1n) is 7.29. The van der Waals surface area contributed by atoms with Crippen molar-refractivity contribution in [3.8, 4) is 0 Å². The van der Waals surface area contributed by atoms with E-state index in [4.69, 9.17) is 9.47 Å². The summed E-state index contributed by atoms with van der Waals surface area (Å²) in [6.45, 7) is -0.148. The predicted molar refractivity (Wildman–Crippen MR) is 89.2 cm³/mol. The minimum atomic E-state index is -0.646. The molecule has 8 nitrogen and oxygen atoms in total. The van der Waals surface area contributed by atoms with Crippen LogP contribution in [0, 0.1) is 10.1 Å². The highest BCUT2D eigenvalue weighted by atomic mass is 16.6. The van der Waals surface area contributed by atoms with E-state index in [1.807, 2.05) is 0 Å². The second-order valence-corrected chi connectivity index (χ2v) is 5.07. The van der Waals surface area contributed by atoms with Crippen molar-refractivity contribution < 1.29 is 24.0 Å². The molecule has 2 rings (SSSR count). The van der Waals surface area contributed by atoms with Gasteiger partial charge in [0.1, 0.15) is 0 Å². The number of methoxy groups -OCH3 is 1. The van der Waals surface area contributed by atoms with Crippen LogP contribution in [0.1, 0.15) is 15.9 Å². The Kier molecular flexibility index (Phi) is 6.19. The first-order chi connectivity index (χ1) is 12.0. The molecule has 0 atom stereocenters. The molecule has 0 unspecified atom stereocenters. The van der Waals surface area contributed by atoms with Crippen molar-refractivity contribution in [3.63, 3.8) is 0 Å². The molecule has 0 aliphatic rings. The lowest BCUT2D eigenvalue weighted by molar-refractivity contribution is -0.384. The van der Waals surface area contributed by atoms with Gasteiger partial charge in [0.25, 0.3) is 11.6 Å². The summed E-state index contributed by atoms with van der Waals surface area (Å²) in [5, 5.41) is 13.1. The number of anilines is 1. The van der Waals surface area contributed by atoms with Gasteiger partial charge >= 0.3 is 5.97 Å². The normalized spacial score (nSPS) is 10.1. The lowest BCUT2D eigenvalue weighted by atomic mass is 10.1. The number of hydrogen-bond donors (Lipinski definition) is 1. The number of nitrogens with one attached hydrogen (secondary N) is 1. The van der Waals surface area contributed by atoms with Gasteiger partial charge in [-0.05, 0) is 23.8 Å². The monoisotopic (exact) mass is 344 g/mol. The van der Waals surface area contributed by atoms with Crippen LogP contribution >= 0.6 is 0 Å². The van der Waals surface area contributed by atoms with Gasteiger partial charge in [0.05, 0.1) is 17.1 Å². The van der Waals surface area contributed by atoms with Crippen LogP contribution in [-0.2, 0) is 20.9 Å². The smallest absolute Gasteiger partial charge is 0.338 e. The van der Waals surface area contributed by atoms with E-state index in [2.05, 4.69) is 5.32 Å². The Morgan fingerprint density at radius 1 is 1.16 bits per heavy atom. The summed E-state index contributed by atoms with van der Waals surface area (Å²) in [6, 6.07) is 12.1. The van der Waals surface area contributed by atoms with E-state index in [0.717, 1.165) is 5.56 Å². The van der Waals surface area contributed by atoms with Gasteiger partial charge < -0.3 is 14.8 Å². The highest BCUT2D eigenvalue weighted by Crippen LogP contribution is 2.17. The number of benzene rings is 2. The van der Waals surface area contributed by atoms with Crippen LogP contribution in [0.15, 0.2) is 48.5 Å². The maximum atomic E-state index is 12.0. The molecule has 1 amide bonds. The molecule has 0 spiro atoms. The lowest BCUT2D eigenvalue weighted by Gasteiger charge is -2.07. The minimum absolute atomic E-state index is 0.148. The van der Waals surface area contributed by atoms with E-state index in [0.29, 0.717) is 12.2 Å². The van der Waals surface area contributed by atoms with Gasteiger partial charge in [0.15, 0.2) is 6.61 Å². The van der Waals surface area contributed by atoms with Crippen LogP contribution in [0.2, 0.25) is 0 Å². The summed E-state index contributed by atoms with van der Waals surface area (Å²) in [6.07, 6.45) is 0. The molecule has 0 fully saturated rings. The number of ether oxygens (including phenoxy) is 2. The fourth-order valence-electron chi connectivity index (χ4n) is 2.06. The SMILES string of the molecule is COCc1cccc(C(=O)OCC(=O)Nc2cccc([N+](=O)[O-])c2)c1. The number of rotatable bonds is 7. The van der Waals surface area contributed by atoms with Crippen molar-refractivity contribution in [1.82, 2.24) is 0 Å². The Labute approximate surface area is 143 Å². The Bertz CT molecular complexity index is 790. The molecule has 0 radical (unpaired) electrons. The van der Waals surface area contributed by atoms with Crippen molar-refractivity contribution >= 4 is 23.3 Å². The number of esters is 1. The summed E-state index contributed by atoms with van der Waals surface area (Å²) >= 11 is 0. The van der Waals surface area contributed by atoms with Crippen LogP contribution in [0.5, 0.6) is 0 Å². The van der Waals surface area contributed by atoms with E-state index >= 15 is 0 Å². The van der Waals surface area contributed by atoms with Crippen LogP contribution in [0.25, 0.3) is 0 Å². The van der Waals surface area contributed by atoms with Crippen molar-refractivity contribution in [1.29, 1.82) is 0 Å². The standard InChI is InChI=1S/C17H16N2O6/c1-24-10-12-4-2-5-13(8-12)17(21)25-11-16(20)18-14-6-3-7-15(9-14)19(22)23/h2-9H,10-11H2,1H3,(H,18,20). The topological polar surface area (TPSA) is 108 Å². The van der Waals surface area contributed by atoms with E-state index in [1.165, 1.54) is 24.3 Å². The fraction of sp³-hybridized carbons (Fsp3) is 0.176. The molecule has 2 aromatic carbocycles. The largest absolute Gasteiger partial charge is 0.452 e. The number of amides is 1. The molecule has 2 aromatic rings. The third-order valence-corrected chi connectivity index (χ3v) is 3.15. The van der Waals surface area contributed by atoms with Crippen molar-refractivity contribution in [2.45, 2.75) is 6.61 Å². The average Bonchev–Trinajstić information content (AvgIpc) is 2.60. The number of carbonyl (C=O) groups is 2. The number of hydrogen-bond acceptors (Lipinski definition) is 6. The van der Waals surface area contributed by atoms with Gasteiger partial charge in [-0.3, -0.25) is 14.9 Å². The molecule has 0 heterocycles. The summed E-state index contributed by atoms with van der Waals surface area (Å²) in [7, 11) is 1.54. The molecular formula is C17H16N2O6. The zero-order valence-electron chi connectivity index (χ0n) is 13.4. The lowest BCUT2D eigenvalue weighted by Crippen LogP contribution is -2.21. The minimum Gasteiger partial charge on any atom is -0.452 e. The van der Waals surface area contributed by atoms with Crippen LogP contribution in [0.3, 0.4) is 0 Å². The molecule has 0 aromatic heterocycles. The molecule has 1 N–H and O–H groups in total. The summed E-state index contributed by atoms with van der Waals surface area (Å²) in [4.78, 5) is 33.9. The maximum absolute atomic E-state index is 12.0. The van der Waals surface area contributed by atoms with Gasteiger partial charge in [-0.2, -0.15) is 0 Å². The van der Waals surface area contributed by atoms with E-state index in [-0.39, 0.29) is 11.4 Å². The second-order valence-electron chi connectivity index (χ2n) is 5.07. The predicted octanol–water partition coefficient (Wildman–Crippen LogP) is 2.54. The van der Waals surface area contributed by atoms with Crippen LogP contribution in [0.4, 0.5) is 11.4 Å². The Hall–Kier alpha value is -3.26. The Balaban J connectivity index is 1.91. The van der Waals surface area contributed by atoms with Crippen molar-refractivity contribution in [2.24, 2.45) is 0 Å². The van der Waals surface area contributed by atoms with E-state index in [1.54, 1.807) is 31.4 Å². The van der Waals surface area contributed by atoms with Crippen LogP contribution in [-0.4, -0.2) is 30.5 Å². The molecule has 0 aliphatic carbocycles. The molecule has 0 bridgehead atoms. The van der Waals surface area contributed by atoms with Gasteiger partial charge in [-0.1, -0.05) is 18.2 Å². The summed E-state index contributed by atoms with van der Waals surface area (Å²) in [5.41, 5.74) is 1.21. The van der Waals surface area contributed by atoms with Crippen LogP contribution < -0.4 is 5.32 Å². The first-order valence-corrected chi connectivity index (χ1v) is 7.29. The van der Waals surface area contributed by atoms with Gasteiger partial charge in [0, 0.05) is 24.9 Å². The zero-order chi connectivity index (χ0) is 18.2. The highest BCUT2D eigenvalue weighted by Gasteiger charge is 2.12. The van der Waals surface area contributed by atoms with Gasteiger partial charge in [-0.25, -0.2) is 4.79 Å². The average molecular weight is 344 g/mol. The van der Waals surface area contributed by atoms with Crippen molar-refractivity contribution in [2.75, 3.05) is 19.0 Å². The second kappa shape index (κ2) is 8.55. The summed E-state index contributed by atoms with van der Waals surface area (Å²) in [5.74, 6) is -1.24. The molecule has 130 valence electrons. The highest BCUT2D eigenvalue weighted by molar-refractivity contribution is 5.95. The maximum Gasteiger partial charge on any atom is 0.338 e. The number of non-ortho nitro benzene ring substituents is 1. The zero-order valence-corrected chi connectivity index (χ0v) is 13.4. The van der Waals surface area contributed by atoms with Gasteiger partial charge in [-0.15, -0.1) is 0 Å². The quantitative estimate of drug-likeness (QED) is 0.470. The summed E-state index contributed by atoms with van der Waals surface area (Å²) < 4.78 is 9.94. The van der Waals surface area contributed by atoms with Gasteiger partial charge in [0.2, 0.25) is 0 Å². The Morgan fingerprint density at radius 2 is 1.92 bits per heavy atom. The number of carbonyl (C=O) groups excluding carboxylic acids is 2. The third kappa shape index (κ3) is 5.40. The fourth-order valence-corrected chi connectivity index (χ4v) is 2.06. The number of nitrogens with zero attached hydrogens (tertiary/aromatic N) is 1. The molecule has 25 heavy (non-hydrogen) atoms. The molecule has 0 saturated heterocycles. The first kappa shape index (κ1) is 18.1. The third-order valence-electron chi connectivity index (χ3n) is 3.15. The number of nitro benzene ring substituents is 1. The van der Waals surface area contributed by atoms with E-state index < -0.39 is 23.4 Å².